The van der Waals surface area contributed by atoms with Crippen LogP contribution in [0.25, 0.3) is 0 Å². The first-order chi connectivity index (χ1) is 11.0. The maximum absolute atomic E-state index is 12.4. The molecule has 4 amide bonds. The van der Waals surface area contributed by atoms with Crippen LogP contribution in [0.5, 0.6) is 0 Å². The number of carbonyl (C=O) groups excluding carboxylic acids is 3. The van der Waals surface area contributed by atoms with Gasteiger partial charge in [-0.15, -0.1) is 0 Å². The zero-order valence-corrected chi connectivity index (χ0v) is 13.4. The smallest absolute Gasteiger partial charge is 0.319 e. The second kappa shape index (κ2) is 6.02. The summed E-state index contributed by atoms with van der Waals surface area (Å²) in [4.78, 5) is 39.8. The van der Waals surface area contributed by atoms with Gasteiger partial charge in [0, 0.05) is 12.1 Å². The third-order valence-corrected chi connectivity index (χ3v) is 4.69. The Kier molecular flexibility index (Phi) is 4.07. The lowest BCUT2D eigenvalue weighted by Gasteiger charge is -2.39. The third-order valence-electron chi connectivity index (χ3n) is 4.69. The molecule has 2 aliphatic rings. The highest BCUT2D eigenvalue weighted by atomic mass is 16.2. The minimum Gasteiger partial charge on any atom is -0.320 e. The Bertz CT molecular complexity index is 613. The summed E-state index contributed by atoms with van der Waals surface area (Å²) in [6, 6.07) is 6.83. The molecule has 0 spiro atoms. The number of nitrogens with one attached hydrogen (secondary N) is 1. The van der Waals surface area contributed by atoms with E-state index in [4.69, 9.17) is 0 Å². The number of carbonyl (C=O) groups is 3. The van der Waals surface area contributed by atoms with Crippen molar-refractivity contribution in [1.82, 2.24) is 15.1 Å². The van der Waals surface area contributed by atoms with Crippen LogP contribution in [0.4, 0.5) is 4.79 Å². The minimum absolute atomic E-state index is 0.0961. The molecule has 2 atom stereocenters. The molecule has 2 heterocycles. The van der Waals surface area contributed by atoms with E-state index in [1.54, 1.807) is 24.3 Å². The van der Waals surface area contributed by atoms with E-state index in [0.717, 1.165) is 24.2 Å². The number of hydrogen-bond donors (Lipinski definition) is 1. The SMILES string of the molecule is CC1CCCC(C)N1C(=O)NCN1C(=O)c2ccccc2C1=O. The van der Waals surface area contributed by atoms with Crippen molar-refractivity contribution < 1.29 is 14.4 Å². The van der Waals surface area contributed by atoms with Crippen molar-refractivity contribution in [1.29, 1.82) is 0 Å². The van der Waals surface area contributed by atoms with E-state index in [2.05, 4.69) is 5.32 Å². The number of nitrogens with zero attached hydrogens (tertiary/aromatic N) is 2. The molecule has 122 valence electrons. The zero-order valence-electron chi connectivity index (χ0n) is 13.4. The molecular weight excluding hydrogens is 294 g/mol. The first kappa shape index (κ1) is 15.5. The van der Waals surface area contributed by atoms with E-state index in [9.17, 15) is 14.4 Å². The van der Waals surface area contributed by atoms with Gasteiger partial charge in [0.25, 0.3) is 11.8 Å². The summed E-state index contributed by atoms with van der Waals surface area (Å²) in [7, 11) is 0. The second-order valence-corrected chi connectivity index (χ2v) is 6.26. The molecule has 1 aromatic carbocycles. The van der Waals surface area contributed by atoms with Crippen molar-refractivity contribution in [3.8, 4) is 0 Å². The number of benzene rings is 1. The summed E-state index contributed by atoms with van der Waals surface area (Å²) in [5.74, 6) is -0.712. The van der Waals surface area contributed by atoms with Gasteiger partial charge in [-0.2, -0.15) is 0 Å². The average Bonchev–Trinajstić information content (AvgIpc) is 2.77. The zero-order chi connectivity index (χ0) is 16.6. The number of imide groups is 1. The van der Waals surface area contributed by atoms with Crippen LogP contribution in [0.1, 0.15) is 53.8 Å². The average molecular weight is 315 g/mol. The summed E-state index contributed by atoms with van der Waals surface area (Å²) in [5.41, 5.74) is 0.790. The first-order valence-corrected chi connectivity index (χ1v) is 8.02. The summed E-state index contributed by atoms with van der Waals surface area (Å²) >= 11 is 0. The van der Waals surface area contributed by atoms with Gasteiger partial charge in [0.2, 0.25) is 0 Å². The molecule has 6 nitrogen and oxygen atoms in total. The van der Waals surface area contributed by atoms with E-state index in [-0.39, 0.29) is 36.6 Å². The number of rotatable bonds is 2. The largest absolute Gasteiger partial charge is 0.320 e. The molecule has 1 saturated heterocycles. The minimum atomic E-state index is -0.356. The van der Waals surface area contributed by atoms with Crippen molar-refractivity contribution >= 4 is 17.8 Å². The Labute approximate surface area is 135 Å². The van der Waals surface area contributed by atoms with E-state index >= 15 is 0 Å². The third kappa shape index (κ3) is 2.69. The van der Waals surface area contributed by atoms with Crippen molar-refractivity contribution in [2.24, 2.45) is 0 Å². The number of amides is 4. The van der Waals surface area contributed by atoms with Crippen LogP contribution in [0.15, 0.2) is 24.3 Å². The molecule has 1 fully saturated rings. The quantitative estimate of drug-likeness (QED) is 0.851. The fraction of sp³-hybridized carbons (Fsp3) is 0.471. The lowest BCUT2D eigenvalue weighted by atomic mass is 9.98. The van der Waals surface area contributed by atoms with Crippen LogP contribution < -0.4 is 5.32 Å². The van der Waals surface area contributed by atoms with Crippen LogP contribution in [0.3, 0.4) is 0 Å². The summed E-state index contributed by atoms with van der Waals surface area (Å²) in [6.07, 6.45) is 3.07. The van der Waals surface area contributed by atoms with Crippen molar-refractivity contribution in [2.45, 2.75) is 45.2 Å². The van der Waals surface area contributed by atoms with Crippen molar-refractivity contribution in [3.63, 3.8) is 0 Å². The van der Waals surface area contributed by atoms with E-state index in [0.29, 0.717) is 11.1 Å². The number of piperidine rings is 1. The molecule has 0 bridgehead atoms. The molecule has 3 rings (SSSR count). The summed E-state index contributed by atoms with van der Waals surface area (Å²) in [6.45, 7) is 3.95. The molecule has 0 radical (unpaired) electrons. The van der Waals surface area contributed by atoms with Gasteiger partial charge in [0.05, 0.1) is 11.1 Å². The van der Waals surface area contributed by atoms with E-state index in [1.807, 2.05) is 18.7 Å². The number of urea groups is 1. The van der Waals surface area contributed by atoms with Gasteiger partial charge in [-0.3, -0.25) is 14.5 Å². The highest BCUT2D eigenvalue weighted by molar-refractivity contribution is 6.21. The Balaban J connectivity index is 1.66. The van der Waals surface area contributed by atoms with Gasteiger partial charge in [0.1, 0.15) is 6.67 Å². The van der Waals surface area contributed by atoms with Crippen LogP contribution in [-0.4, -0.2) is 46.4 Å². The first-order valence-electron chi connectivity index (χ1n) is 8.02. The van der Waals surface area contributed by atoms with E-state index in [1.165, 1.54) is 0 Å². The Morgan fingerprint density at radius 1 is 1.09 bits per heavy atom. The fourth-order valence-corrected chi connectivity index (χ4v) is 3.44. The summed E-state index contributed by atoms with van der Waals surface area (Å²) < 4.78 is 0. The molecule has 1 N–H and O–H groups in total. The monoisotopic (exact) mass is 315 g/mol. The molecule has 6 heteroatoms. The Hall–Kier alpha value is -2.37. The highest BCUT2D eigenvalue weighted by Gasteiger charge is 2.36. The number of hydrogen-bond acceptors (Lipinski definition) is 3. The molecule has 1 aromatic rings. The van der Waals surface area contributed by atoms with E-state index < -0.39 is 0 Å². The van der Waals surface area contributed by atoms with Crippen LogP contribution in [-0.2, 0) is 0 Å². The molecule has 0 aromatic heterocycles. The van der Waals surface area contributed by atoms with Crippen molar-refractivity contribution in [2.75, 3.05) is 6.67 Å². The van der Waals surface area contributed by atoms with Gasteiger partial charge in [-0.1, -0.05) is 12.1 Å². The molecule has 0 saturated carbocycles. The second-order valence-electron chi connectivity index (χ2n) is 6.26. The predicted molar refractivity (Wildman–Crippen MR) is 85.0 cm³/mol. The topological polar surface area (TPSA) is 69.7 Å². The lowest BCUT2D eigenvalue weighted by Crippen LogP contribution is -2.54. The standard InChI is InChI=1S/C17H21N3O3/c1-11-6-5-7-12(2)20(11)17(23)18-10-19-15(21)13-8-3-4-9-14(13)16(19)22/h3-4,8-9,11-12H,5-7,10H2,1-2H3,(H,18,23). The predicted octanol–water partition coefficient (Wildman–Crippen LogP) is 2.21. The van der Waals surface area contributed by atoms with Crippen LogP contribution >= 0.6 is 0 Å². The van der Waals surface area contributed by atoms with Gasteiger partial charge < -0.3 is 10.2 Å². The normalized spacial score (nSPS) is 23.9. The Morgan fingerprint density at radius 2 is 1.61 bits per heavy atom. The van der Waals surface area contributed by atoms with Gasteiger partial charge in [-0.25, -0.2) is 4.79 Å². The molecular formula is C17H21N3O3. The van der Waals surface area contributed by atoms with Gasteiger partial charge >= 0.3 is 6.03 Å². The molecule has 2 unspecified atom stereocenters. The van der Waals surface area contributed by atoms with Crippen molar-refractivity contribution in [3.05, 3.63) is 35.4 Å². The van der Waals surface area contributed by atoms with Crippen LogP contribution in [0, 0.1) is 0 Å². The maximum atomic E-state index is 12.4. The molecule has 0 aliphatic carbocycles. The lowest BCUT2D eigenvalue weighted by molar-refractivity contribution is 0.0637. The molecule has 23 heavy (non-hydrogen) atoms. The maximum Gasteiger partial charge on any atom is 0.319 e. The fourth-order valence-electron chi connectivity index (χ4n) is 3.44. The number of likely N-dealkylation sites (tertiary alicyclic amines) is 1. The summed E-state index contributed by atoms with van der Waals surface area (Å²) in [5, 5.41) is 2.72. The Morgan fingerprint density at radius 3 is 2.13 bits per heavy atom. The highest BCUT2D eigenvalue weighted by Crippen LogP contribution is 2.23. The van der Waals surface area contributed by atoms with Crippen LogP contribution in [0.2, 0.25) is 0 Å². The number of fused-ring (bicyclic) bond motifs is 1. The van der Waals surface area contributed by atoms with Gasteiger partial charge in [0.15, 0.2) is 0 Å². The molecule has 2 aliphatic heterocycles. The van der Waals surface area contributed by atoms with Gasteiger partial charge in [-0.05, 0) is 45.2 Å².